The van der Waals surface area contributed by atoms with Gasteiger partial charge in [0.2, 0.25) is 0 Å². The highest BCUT2D eigenvalue weighted by molar-refractivity contribution is 7.92. The fourth-order valence-electron chi connectivity index (χ4n) is 3.38. The number of halogens is 1. The predicted molar refractivity (Wildman–Crippen MR) is 133 cm³/mol. The second-order valence-electron chi connectivity index (χ2n) is 7.42. The molecule has 3 aromatic rings. The Kier molecular flexibility index (Phi) is 8.00. The molecule has 0 heterocycles. The zero-order valence-electron chi connectivity index (χ0n) is 18.8. The average Bonchev–Trinajstić information content (AvgIpc) is 2.83. The van der Waals surface area contributed by atoms with Crippen molar-refractivity contribution in [3.8, 4) is 5.75 Å². The van der Waals surface area contributed by atoms with Crippen LogP contribution in [0.2, 0.25) is 5.02 Å². The van der Waals surface area contributed by atoms with Crippen LogP contribution in [-0.4, -0.2) is 28.0 Å². The Morgan fingerprint density at radius 3 is 2.06 bits per heavy atom. The van der Waals surface area contributed by atoms with E-state index in [1.165, 1.54) is 35.6 Å². The summed E-state index contributed by atoms with van der Waals surface area (Å²) in [5.74, 6) is 0.211. The number of nitrogens with zero attached hydrogens (tertiary/aromatic N) is 1. The third-order valence-corrected chi connectivity index (χ3v) is 7.36. The number of ether oxygens (including phenoxy) is 1. The number of carbonyl (C=O) groups excluding carboxylic acids is 1. The van der Waals surface area contributed by atoms with Gasteiger partial charge in [-0.05, 0) is 72.5 Å². The van der Waals surface area contributed by atoms with Gasteiger partial charge in [-0.1, -0.05) is 43.6 Å². The molecular formula is C25H27ClN2O4S. The lowest BCUT2D eigenvalue weighted by Crippen LogP contribution is -2.26. The summed E-state index contributed by atoms with van der Waals surface area (Å²) in [6.45, 7) is 3.94. The molecule has 0 saturated carbocycles. The lowest BCUT2D eigenvalue weighted by molar-refractivity contribution is -0.118. The number of carbonyl (C=O) groups is 1. The predicted octanol–water partition coefficient (Wildman–Crippen LogP) is 5.31. The number of benzene rings is 3. The summed E-state index contributed by atoms with van der Waals surface area (Å²) in [4.78, 5) is 12.6. The molecule has 174 valence electrons. The van der Waals surface area contributed by atoms with Gasteiger partial charge in [0.05, 0.1) is 10.6 Å². The maximum atomic E-state index is 12.8. The van der Waals surface area contributed by atoms with E-state index >= 15 is 0 Å². The Labute approximate surface area is 200 Å². The Hall–Kier alpha value is -3.03. The summed E-state index contributed by atoms with van der Waals surface area (Å²) in [6.07, 6.45) is 1.64. The molecule has 0 bridgehead atoms. The van der Waals surface area contributed by atoms with Crippen LogP contribution in [0, 0.1) is 0 Å². The molecule has 33 heavy (non-hydrogen) atoms. The molecule has 1 amide bonds. The number of aryl methyl sites for hydroxylation is 2. The third-order valence-electron chi connectivity index (χ3n) is 5.31. The molecule has 0 aliphatic rings. The largest absolute Gasteiger partial charge is 0.484 e. The van der Waals surface area contributed by atoms with Crippen LogP contribution in [0.15, 0.2) is 71.6 Å². The summed E-state index contributed by atoms with van der Waals surface area (Å²) >= 11 is 5.85. The SMILES string of the molecule is CCc1cccc(CC)c1NC(=O)COc1ccc(N(C)S(=O)(=O)c2ccc(Cl)cc2)cc1. The fourth-order valence-corrected chi connectivity index (χ4v) is 4.70. The summed E-state index contributed by atoms with van der Waals surface area (Å²) < 4.78 is 32.4. The van der Waals surface area contributed by atoms with E-state index in [1.54, 1.807) is 24.3 Å². The zero-order chi connectivity index (χ0) is 24.0. The van der Waals surface area contributed by atoms with Crippen LogP contribution in [-0.2, 0) is 27.7 Å². The number of para-hydroxylation sites is 1. The van der Waals surface area contributed by atoms with E-state index in [1.807, 2.05) is 32.0 Å². The van der Waals surface area contributed by atoms with E-state index in [0.717, 1.165) is 29.7 Å². The van der Waals surface area contributed by atoms with Gasteiger partial charge in [0.15, 0.2) is 6.61 Å². The molecule has 3 rings (SSSR count). The number of nitrogens with one attached hydrogen (secondary N) is 1. The van der Waals surface area contributed by atoms with Crippen molar-refractivity contribution < 1.29 is 17.9 Å². The van der Waals surface area contributed by atoms with Gasteiger partial charge in [-0.3, -0.25) is 9.10 Å². The first-order valence-electron chi connectivity index (χ1n) is 10.6. The highest BCUT2D eigenvalue weighted by atomic mass is 35.5. The number of rotatable bonds is 9. The first-order valence-corrected chi connectivity index (χ1v) is 12.5. The van der Waals surface area contributed by atoms with Gasteiger partial charge in [0.25, 0.3) is 15.9 Å². The van der Waals surface area contributed by atoms with Crippen LogP contribution in [0.25, 0.3) is 0 Å². The van der Waals surface area contributed by atoms with Crippen LogP contribution in [0.4, 0.5) is 11.4 Å². The van der Waals surface area contributed by atoms with E-state index in [0.29, 0.717) is 16.5 Å². The zero-order valence-corrected chi connectivity index (χ0v) is 20.4. The van der Waals surface area contributed by atoms with Gasteiger partial charge < -0.3 is 10.1 Å². The molecule has 1 N–H and O–H groups in total. The van der Waals surface area contributed by atoms with Crippen molar-refractivity contribution in [1.29, 1.82) is 0 Å². The second kappa shape index (κ2) is 10.7. The lowest BCUT2D eigenvalue weighted by Gasteiger charge is -2.20. The van der Waals surface area contributed by atoms with Crippen molar-refractivity contribution >= 4 is 38.9 Å². The van der Waals surface area contributed by atoms with Gasteiger partial charge in [-0.15, -0.1) is 0 Å². The van der Waals surface area contributed by atoms with E-state index in [2.05, 4.69) is 5.32 Å². The van der Waals surface area contributed by atoms with Gasteiger partial charge in [0.1, 0.15) is 5.75 Å². The first kappa shape index (κ1) is 24.6. The average molecular weight is 487 g/mol. The molecule has 3 aromatic carbocycles. The van der Waals surface area contributed by atoms with E-state index < -0.39 is 10.0 Å². The van der Waals surface area contributed by atoms with E-state index in [-0.39, 0.29) is 17.4 Å². The van der Waals surface area contributed by atoms with Crippen LogP contribution in [0.5, 0.6) is 5.75 Å². The van der Waals surface area contributed by atoms with Crippen molar-refractivity contribution in [2.75, 3.05) is 23.3 Å². The minimum absolute atomic E-state index is 0.144. The highest BCUT2D eigenvalue weighted by Gasteiger charge is 2.21. The van der Waals surface area contributed by atoms with Gasteiger partial charge in [-0.2, -0.15) is 0 Å². The van der Waals surface area contributed by atoms with Crippen LogP contribution >= 0.6 is 11.6 Å². The summed E-state index contributed by atoms with van der Waals surface area (Å²) in [5.41, 5.74) is 3.47. The number of sulfonamides is 1. The summed E-state index contributed by atoms with van der Waals surface area (Å²) in [7, 11) is -2.25. The summed E-state index contributed by atoms with van der Waals surface area (Å²) in [5, 5.41) is 3.43. The standard InChI is InChI=1S/C25H27ClN2O4S/c1-4-18-7-6-8-19(5-2)25(18)27-24(29)17-32-22-13-11-21(12-14-22)28(3)33(30,31)23-15-9-20(26)10-16-23/h6-16H,4-5,17H2,1-3H3,(H,27,29). The normalized spacial score (nSPS) is 11.2. The van der Waals surface area contributed by atoms with Crippen molar-refractivity contribution in [3.63, 3.8) is 0 Å². The highest BCUT2D eigenvalue weighted by Crippen LogP contribution is 2.26. The molecule has 0 saturated heterocycles. The van der Waals surface area contributed by atoms with Gasteiger partial charge in [0, 0.05) is 17.8 Å². The number of amides is 1. The van der Waals surface area contributed by atoms with Crippen molar-refractivity contribution in [2.24, 2.45) is 0 Å². The van der Waals surface area contributed by atoms with E-state index in [4.69, 9.17) is 16.3 Å². The number of hydrogen-bond acceptors (Lipinski definition) is 4. The van der Waals surface area contributed by atoms with Crippen LogP contribution in [0.3, 0.4) is 0 Å². The van der Waals surface area contributed by atoms with Gasteiger partial charge in [-0.25, -0.2) is 8.42 Å². The Bertz CT molecular complexity index is 1190. The third kappa shape index (κ3) is 5.86. The maximum Gasteiger partial charge on any atom is 0.264 e. The molecule has 0 unspecified atom stereocenters. The topological polar surface area (TPSA) is 75.7 Å². The Morgan fingerprint density at radius 1 is 0.939 bits per heavy atom. The molecule has 0 spiro atoms. The maximum absolute atomic E-state index is 12.8. The lowest BCUT2D eigenvalue weighted by atomic mass is 10.0. The fraction of sp³-hybridized carbons (Fsp3) is 0.240. The van der Waals surface area contributed by atoms with Crippen molar-refractivity contribution in [2.45, 2.75) is 31.6 Å². The number of anilines is 2. The van der Waals surface area contributed by atoms with E-state index in [9.17, 15) is 13.2 Å². The molecule has 0 fully saturated rings. The second-order valence-corrected chi connectivity index (χ2v) is 9.82. The molecule has 8 heteroatoms. The molecule has 6 nitrogen and oxygen atoms in total. The monoisotopic (exact) mass is 486 g/mol. The van der Waals surface area contributed by atoms with Gasteiger partial charge >= 0.3 is 0 Å². The number of hydrogen-bond donors (Lipinski definition) is 1. The smallest absolute Gasteiger partial charge is 0.264 e. The molecule has 0 aromatic heterocycles. The minimum atomic E-state index is -3.73. The molecule has 0 aliphatic heterocycles. The molecule has 0 atom stereocenters. The van der Waals surface area contributed by atoms with Crippen molar-refractivity contribution in [3.05, 3.63) is 82.9 Å². The first-order chi connectivity index (χ1) is 15.8. The Morgan fingerprint density at radius 2 is 1.52 bits per heavy atom. The van der Waals surface area contributed by atoms with Crippen LogP contribution < -0.4 is 14.4 Å². The molecule has 0 radical (unpaired) electrons. The Balaban J connectivity index is 1.64. The van der Waals surface area contributed by atoms with Crippen molar-refractivity contribution in [1.82, 2.24) is 0 Å². The molecular weight excluding hydrogens is 460 g/mol. The minimum Gasteiger partial charge on any atom is -0.484 e. The quantitative estimate of drug-likeness (QED) is 0.445. The molecule has 0 aliphatic carbocycles. The van der Waals surface area contributed by atoms with Crippen LogP contribution in [0.1, 0.15) is 25.0 Å². The summed E-state index contributed by atoms with van der Waals surface area (Å²) in [6, 6.07) is 18.5.